The van der Waals surface area contributed by atoms with E-state index in [2.05, 4.69) is 25.1 Å². The second-order valence-corrected chi connectivity index (χ2v) is 17.6. The molecule has 0 bridgehead atoms. The molecule has 21 nitrogen and oxygen atoms in total. The lowest BCUT2D eigenvalue weighted by Crippen LogP contribution is -2.33. The molecule has 0 saturated carbocycles. The fraction of sp³-hybridized carbons (Fsp3) is 0.618. The second-order valence-electron chi connectivity index (χ2n) is 13.0. The van der Waals surface area contributed by atoms with Crippen LogP contribution in [0.2, 0.25) is 0 Å². The smallest absolute Gasteiger partial charge is 0.434 e. The van der Waals surface area contributed by atoms with Crippen molar-refractivity contribution in [3.05, 3.63) is 74.6 Å². The normalized spacial score (nSPS) is 17.7. The first kappa shape index (κ1) is 55.2. The van der Waals surface area contributed by atoms with E-state index in [0.29, 0.717) is 0 Å². The molecule has 0 spiro atoms. The van der Waals surface area contributed by atoms with Crippen LogP contribution in [0.4, 0.5) is 4.79 Å². The third kappa shape index (κ3) is 22.0. The predicted molar refractivity (Wildman–Crippen MR) is 215 cm³/mol. The molecular weight excluding hydrogens is 827 g/mol. The van der Waals surface area contributed by atoms with Crippen molar-refractivity contribution >= 4 is 29.6 Å². The minimum atomic E-state index is -5.73. The number of ether oxygens (including phenoxy) is 3. The van der Waals surface area contributed by atoms with Crippen LogP contribution >= 0.6 is 23.5 Å². The maximum atomic E-state index is 12.3. The molecule has 2 aromatic rings. The van der Waals surface area contributed by atoms with Gasteiger partial charge in [0.25, 0.3) is 5.56 Å². The Hall–Kier alpha value is -2.84. The van der Waals surface area contributed by atoms with Crippen molar-refractivity contribution in [3.63, 3.8) is 0 Å². The number of phosphoric acid groups is 3. The van der Waals surface area contributed by atoms with Gasteiger partial charge in [0.2, 0.25) is 0 Å². The van der Waals surface area contributed by atoms with Crippen molar-refractivity contribution in [2.75, 3.05) is 13.2 Å². The lowest BCUT2D eigenvalue weighted by Gasteiger charge is -2.20. The van der Waals surface area contributed by atoms with Gasteiger partial charge in [-0.25, -0.2) is 23.3 Å². The lowest BCUT2D eigenvalue weighted by molar-refractivity contribution is -0.0105. The molecule has 1 aromatic heterocycles. The number of unbranched alkanes of at least 4 members (excludes halogenated alkanes) is 13. The van der Waals surface area contributed by atoms with E-state index in [9.17, 15) is 42.8 Å². The average molecular weight is 890 g/mol. The molecule has 1 aliphatic rings. The number of aromatic amines is 1. The summed E-state index contributed by atoms with van der Waals surface area (Å²) in [5.74, 6) is 0.125. The van der Waals surface area contributed by atoms with Crippen molar-refractivity contribution in [2.45, 2.75) is 123 Å². The first-order valence-electron chi connectivity index (χ1n) is 18.4. The molecule has 3 rings (SSSR count). The summed E-state index contributed by atoms with van der Waals surface area (Å²) in [6, 6.07) is 5.47. The van der Waals surface area contributed by atoms with Crippen molar-refractivity contribution in [1.82, 2.24) is 28.0 Å². The Kier molecular flexibility index (Phi) is 26.5. The number of carbonyl (C=O) groups excluding carboxylic acids is 1. The van der Waals surface area contributed by atoms with E-state index in [0.717, 1.165) is 30.3 Å². The monoisotopic (exact) mass is 889 g/mol. The van der Waals surface area contributed by atoms with Gasteiger partial charge in [0, 0.05) is 11.8 Å². The molecule has 0 amide bonds. The number of nitrogens with one attached hydrogen (secondary N) is 1. The van der Waals surface area contributed by atoms with Gasteiger partial charge in [0.1, 0.15) is 11.9 Å². The zero-order valence-electron chi connectivity index (χ0n) is 33.3. The highest BCUT2D eigenvalue weighted by Gasteiger charge is 2.42. The number of hydrogen-bond donors (Lipinski definition) is 7. The minimum Gasteiger partial charge on any atom is -0.434 e. The number of phosphoric ester groups is 2. The Morgan fingerprint density at radius 1 is 0.759 bits per heavy atom. The first-order chi connectivity index (χ1) is 26.1. The largest absolute Gasteiger partial charge is 0.513 e. The van der Waals surface area contributed by atoms with Crippen LogP contribution in [0, 0.1) is 6.92 Å². The van der Waals surface area contributed by atoms with Crippen molar-refractivity contribution in [2.24, 2.45) is 0 Å². The average Bonchev–Trinajstić information content (AvgIpc) is 3.58. The highest BCUT2D eigenvalue weighted by molar-refractivity contribution is 7.66. The first-order valence-corrected chi connectivity index (χ1v) is 22.9. The molecule has 1 aromatic carbocycles. The Bertz CT molecular complexity index is 1790. The fourth-order valence-electron chi connectivity index (χ4n) is 5.40. The number of nitrogens with zero attached hydrogens (tertiary/aromatic N) is 1. The van der Waals surface area contributed by atoms with Gasteiger partial charge in [0.05, 0.1) is 19.8 Å². The minimum absolute atomic E-state index is 0. The summed E-state index contributed by atoms with van der Waals surface area (Å²) in [4.78, 5) is 67.5. The van der Waals surface area contributed by atoms with Gasteiger partial charge in [-0.1, -0.05) is 109 Å². The zero-order chi connectivity index (χ0) is 40.3. The Labute approximate surface area is 338 Å². The van der Waals surface area contributed by atoms with Gasteiger partial charge in [0.15, 0.2) is 6.23 Å². The molecular formula is C34H62N5O16P3. The van der Waals surface area contributed by atoms with Gasteiger partial charge in [-0.15, -0.1) is 0 Å². The summed E-state index contributed by atoms with van der Waals surface area (Å²) in [5.41, 5.74) is -0.877. The van der Waals surface area contributed by atoms with E-state index in [1.54, 1.807) is 0 Å². The predicted octanol–water partition coefficient (Wildman–Crippen LogP) is 8.35. The van der Waals surface area contributed by atoms with E-state index in [1.807, 2.05) is 0 Å². The molecule has 2 heterocycles. The van der Waals surface area contributed by atoms with Crippen LogP contribution in [0.15, 0.2) is 52.2 Å². The number of aryl methyl sites for hydroxylation is 1. The summed E-state index contributed by atoms with van der Waals surface area (Å²) in [7, 11) is -16.5. The topological polar surface area (TPSA) is 353 Å². The lowest BCUT2D eigenvalue weighted by atomic mass is 10.0. The molecule has 1 aliphatic heterocycles. The van der Waals surface area contributed by atoms with Crippen molar-refractivity contribution in [1.29, 1.82) is 0 Å². The third-order valence-corrected chi connectivity index (χ3v) is 12.5. The number of aromatic nitrogens is 2. The SMILES string of the molecule is CCCCCCCCCCCCCCCCOC(=O)Oc1ccc(COP(=O)(O)OP(=O)(O)OP(=O)(O)OC[C@@H]2C=C[C@H](n3cc(C)c(=O)[nH]c3=O)O2)cc1.N.N.N. The number of rotatable bonds is 27. The van der Waals surface area contributed by atoms with Crippen LogP contribution in [0.3, 0.4) is 0 Å². The molecule has 0 aliphatic carbocycles. The summed E-state index contributed by atoms with van der Waals surface area (Å²) in [6.07, 6.45) is 18.0. The quantitative estimate of drug-likeness (QED) is 0.0145. The van der Waals surface area contributed by atoms with Gasteiger partial charge in [-0.3, -0.25) is 23.4 Å². The van der Waals surface area contributed by atoms with E-state index in [-0.39, 0.29) is 41.9 Å². The number of benzene rings is 1. The maximum Gasteiger partial charge on any atom is 0.513 e. The number of hydrogen-bond acceptors (Lipinski definition) is 16. The Morgan fingerprint density at radius 2 is 1.28 bits per heavy atom. The van der Waals surface area contributed by atoms with Crippen LogP contribution < -0.4 is 34.4 Å². The molecule has 24 heteroatoms. The molecule has 334 valence electrons. The number of carbonyl (C=O) groups is 1. The van der Waals surface area contributed by atoms with Gasteiger partial charge >= 0.3 is 35.3 Å². The van der Waals surface area contributed by atoms with E-state index in [4.69, 9.17) is 18.7 Å². The summed E-state index contributed by atoms with van der Waals surface area (Å²) < 4.78 is 71.2. The molecule has 58 heavy (non-hydrogen) atoms. The van der Waals surface area contributed by atoms with Crippen molar-refractivity contribution in [3.8, 4) is 5.75 Å². The van der Waals surface area contributed by atoms with Crippen LogP contribution in [-0.2, 0) is 47.4 Å². The van der Waals surface area contributed by atoms with Crippen molar-refractivity contribution < 1.29 is 65.0 Å². The third-order valence-electron chi connectivity index (χ3n) is 8.28. The summed E-state index contributed by atoms with van der Waals surface area (Å²) in [5, 5.41) is 0. The van der Waals surface area contributed by atoms with E-state index >= 15 is 0 Å². The number of H-pyrrole nitrogens is 1. The Morgan fingerprint density at radius 3 is 1.83 bits per heavy atom. The fourth-order valence-corrected chi connectivity index (χ4v) is 8.89. The molecule has 13 N–H and O–H groups in total. The highest BCUT2D eigenvalue weighted by Crippen LogP contribution is 2.67. The van der Waals surface area contributed by atoms with E-state index in [1.165, 1.54) is 114 Å². The summed E-state index contributed by atoms with van der Waals surface area (Å²) in [6.45, 7) is 2.57. The van der Waals surface area contributed by atoms with Gasteiger partial charge < -0.3 is 47.3 Å². The van der Waals surface area contributed by atoms with Crippen LogP contribution in [0.1, 0.15) is 114 Å². The molecule has 3 unspecified atom stereocenters. The zero-order valence-corrected chi connectivity index (χ0v) is 36.0. The standard InChI is InChI=1S/C34H53N2O16P3.3H3N/c1-3-4-5-6-7-8-9-10-11-12-13-14-15-16-23-46-34(39)50-29-19-17-28(18-20-29)25-47-53(40,41)51-55(44,45)52-54(42,43)48-26-30-21-22-31(49-30)36-24-27(2)32(37)35-33(36)38;;;/h17-22,24,30-31H,3-16,23,25-26H2,1-2H3,(H,40,41)(H,42,43)(H,44,45)(H,35,37,38);3*1H3/t30-,31+;;;/m0.../s1. The van der Waals surface area contributed by atoms with Gasteiger partial charge in [-0.2, -0.15) is 8.62 Å². The second kappa shape index (κ2) is 27.8. The van der Waals surface area contributed by atoms with E-state index < -0.39 is 66.4 Å². The maximum absolute atomic E-state index is 12.3. The van der Waals surface area contributed by atoms with Crippen LogP contribution in [0.25, 0.3) is 0 Å². The molecule has 0 radical (unpaired) electrons. The molecule has 0 fully saturated rings. The van der Waals surface area contributed by atoms with Crippen LogP contribution in [0.5, 0.6) is 5.75 Å². The molecule has 0 saturated heterocycles. The highest BCUT2D eigenvalue weighted by atomic mass is 31.3. The summed E-state index contributed by atoms with van der Waals surface area (Å²) >= 11 is 0. The Balaban J connectivity index is 0.0000108. The van der Waals surface area contributed by atoms with Crippen LogP contribution in [-0.4, -0.2) is 49.7 Å². The molecule has 5 atom stereocenters. The van der Waals surface area contributed by atoms with Gasteiger partial charge in [-0.05, 0) is 37.1 Å².